The van der Waals surface area contributed by atoms with Crippen LogP contribution >= 0.6 is 0 Å². The number of aliphatic carboxylic acids is 1. The van der Waals surface area contributed by atoms with Gasteiger partial charge in [-0.05, 0) is 25.7 Å². The predicted octanol–water partition coefficient (Wildman–Crippen LogP) is 0.452. The number of piperidine rings is 1. The molecule has 0 atom stereocenters. The summed E-state index contributed by atoms with van der Waals surface area (Å²) < 4.78 is 0. The van der Waals surface area contributed by atoms with E-state index in [-0.39, 0.29) is 11.8 Å². The number of carbonyl (C=O) groups excluding carboxylic acids is 1. The molecule has 2 N–H and O–H groups in total. The summed E-state index contributed by atoms with van der Waals surface area (Å²) in [6.45, 7) is 1.95. The maximum Gasteiger partial charge on any atom is 0.306 e. The molecule has 1 saturated carbocycles. The van der Waals surface area contributed by atoms with Crippen molar-refractivity contribution in [1.82, 2.24) is 10.2 Å². The lowest BCUT2D eigenvalue weighted by Gasteiger charge is -2.30. The van der Waals surface area contributed by atoms with Crippen LogP contribution in [-0.2, 0) is 9.59 Å². The third-order valence-corrected chi connectivity index (χ3v) is 3.55. The van der Waals surface area contributed by atoms with E-state index in [9.17, 15) is 9.59 Å². The Morgan fingerprint density at radius 3 is 2.35 bits per heavy atom. The molecular weight excluding hydrogens is 220 g/mol. The fourth-order valence-corrected chi connectivity index (χ4v) is 2.20. The maximum absolute atomic E-state index is 11.8. The average Bonchev–Trinajstić information content (AvgIpc) is 3.13. The minimum Gasteiger partial charge on any atom is -0.481 e. The Morgan fingerprint density at radius 2 is 1.82 bits per heavy atom. The van der Waals surface area contributed by atoms with Crippen LogP contribution in [0.15, 0.2) is 0 Å². The molecule has 0 radical (unpaired) electrons. The topological polar surface area (TPSA) is 69.6 Å². The highest BCUT2D eigenvalue weighted by molar-refractivity contribution is 5.77. The van der Waals surface area contributed by atoms with Crippen LogP contribution in [0.2, 0.25) is 0 Å². The third-order valence-electron chi connectivity index (χ3n) is 3.55. The quantitative estimate of drug-likeness (QED) is 0.732. The summed E-state index contributed by atoms with van der Waals surface area (Å²) >= 11 is 0. The van der Waals surface area contributed by atoms with Gasteiger partial charge in [-0.25, -0.2) is 0 Å². The average molecular weight is 240 g/mol. The van der Waals surface area contributed by atoms with Crippen LogP contribution in [0.4, 0.5) is 0 Å². The molecule has 0 spiro atoms. The second-order valence-electron chi connectivity index (χ2n) is 4.97. The Hall–Kier alpha value is -1.10. The number of nitrogens with zero attached hydrogens (tertiary/aromatic N) is 1. The molecule has 17 heavy (non-hydrogen) atoms. The summed E-state index contributed by atoms with van der Waals surface area (Å²) in [6.07, 6.45) is 4.19. The van der Waals surface area contributed by atoms with Crippen molar-refractivity contribution in [3.8, 4) is 0 Å². The van der Waals surface area contributed by atoms with Crippen molar-refractivity contribution in [2.24, 2.45) is 5.92 Å². The molecule has 1 heterocycles. The molecule has 0 bridgehead atoms. The van der Waals surface area contributed by atoms with E-state index in [2.05, 4.69) is 5.32 Å². The monoisotopic (exact) mass is 240 g/mol. The molecule has 1 aliphatic heterocycles. The Bertz CT molecular complexity index is 294. The third kappa shape index (κ3) is 3.70. The summed E-state index contributed by atoms with van der Waals surface area (Å²) in [6, 6.07) is 0.639. The van der Waals surface area contributed by atoms with Crippen LogP contribution in [-0.4, -0.2) is 47.6 Å². The number of carboxylic acid groups (broad SMARTS) is 1. The van der Waals surface area contributed by atoms with Crippen LogP contribution in [0.1, 0.15) is 32.1 Å². The van der Waals surface area contributed by atoms with Gasteiger partial charge in [0, 0.05) is 32.1 Å². The zero-order valence-electron chi connectivity index (χ0n) is 10.0. The van der Waals surface area contributed by atoms with E-state index in [1.807, 2.05) is 0 Å². The van der Waals surface area contributed by atoms with Crippen molar-refractivity contribution in [3.63, 3.8) is 0 Å². The van der Waals surface area contributed by atoms with Crippen LogP contribution < -0.4 is 5.32 Å². The number of nitrogens with one attached hydrogen (secondary N) is 1. The van der Waals surface area contributed by atoms with Crippen molar-refractivity contribution in [2.45, 2.75) is 38.1 Å². The summed E-state index contributed by atoms with van der Waals surface area (Å²) in [7, 11) is 0. The maximum atomic E-state index is 11.8. The van der Waals surface area contributed by atoms with Gasteiger partial charge in [-0.1, -0.05) is 0 Å². The first kappa shape index (κ1) is 12.4. The zero-order valence-corrected chi connectivity index (χ0v) is 10.0. The number of carboxylic acids is 1. The van der Waals surface area contributed by atoms with E-state index < -0.39 is 5.97 Å². The predicted molar refractivity (Wildman–Crippen MR) is 62.6 cm³/mol. The Kier molecular flexibility index (Phi) is 3.99. The van der Waals surface area contributed by atoms with Gasteiger partial charge >= 0.3 is 5.97 Å². The molecule has 0 aromatic carbocycles. The minimum atomic E-state index is -0.729. The lowest BCUT2D eigenvalue weighted by Crippen LogP contribution is -2.41. The molecule has 96 valence electrons. The molecule has 2 aliphatic rings. The summed E-state index contributed by atoms with van der Waals surface area (Å²) in [5, 5.41) is 12.2. The van der Waals surface area contributed by atoms with E-state index in [1.54, 1.807) is 4.90 Å². The van der Waals surface area contributed by atoms with Gasteiger partial charge < -0.3 is 15.3 Å². The van der Waals surface area contributed by atoms with E-state index in [0.717, 1.165) is 6.54 Å². The van der Waals surface area contributed by atoms with Gasteiger partial charge in [0.25, 0.3) is 0 Å². The molecule has 0 aromatic heterocycles. The smallest absolute Gasteiger partial charge is 0.306 e. The van der Waals surface area contributed by atoms with Gasteiger partial charge in [-0.2, -0.15) is 0 Å². The summed E-state index contributed by atoms with van der Waals surface area (Å²) in [5.74, 6) is -0.835. The van der Waals surface area contributed by atoms with Gasteiger partial charge in [0.1, 0.15) is 0 Å². The van der Waals surface area contributed by atoms with Crippen LogP contribution in [0.3, 0.4) is 0 Å². The Labute approximate surface area is 101 Å². The number of hydrogen-bond acceptors (Lipinski definition) is 3. The van der Waals surface area contributed by atoms with Crippen molar-refractivity contribution < 1.29 is 14.7 Å². The normalized spacial score (nSPS) is 21.5. The second-order valence-corrected chi connectivity index (χ2v) is 4.97. The van der Waals surface area contributed by atoms with E-state index in [1.165, 1.54) is 12.8 Å². The molecule has 5 nitrogen and oxygen atoms in total. The zero-order chi connectivity index (χ0) is 12.3. The highest BCUT2D eigenvalue weighted by Crippen LogP contribution is 2.19. The highest BCUT2D eigenvalue weighted by Gasteiger charge is 2.27. The molecule has 1 aliphatic carbocycles. The largest absolute Gasteiger partial charge is 0.481 e. The number of likely N-dealkylation sites (tertiary alicyclic amines) is 1. The van der Waals surface area contributed by atoms with E-state index in [4.69, 9.17) is 5.11 Å². The first-order valence-electron chi connectivity index (χ1n) is 6.41. The molecule has 2 rings (SSSR count). The lowest BCUT2D eigenvalue weighted by atomic mass is 9.97. The summed E-state index contributed by atoms with van der Waals surface area (Å²) in [5.41, 5.74) is 0. The van der Waals surface area contributed by atoms with Gasteiger partial charge in [0.05, 0.1) is 5.92 Å². The molecule has 1 saturated heterocycles. The van der Waals surface area contributed by atoms with E-state index in [0.29, 0.717) is 38.4 Å². The standard InChI is InChI=1S/C12H20N2O3/c15-11(3-6-13-10-1-2-10)14-7-4-9(5-8-14)12(16)17/h9-10,13H,1-8H2,(H,16,17). The number of hydrogen-bond donors (Lipinski definition) is 2. The van der Waals surface area contributed by atoms with Gasteiger partial charge in [-0.3, -0.25) is 9.59 Å². The minimum absolute atomic E-state index is 0.155. The van der Waals surface area contributed by atoms with Gasteiger partial charge in [-0.15, -0.1) is 0 Å². The van der Waals surface area contributed by atoms with Crippen molar-refractivity contribution in [3.05, 3.63) is 0 Å². The molecule has 0 unspecified atom stereocenters. The molecule has 2 fully saturated rings. The highest BCUT2D eigenvalue weighted by atomic mass is 16.4. The summed E-state index contributed by atoms with van der Waals surface area (Å²) in [4.78, 5) is 24.4. The fraction of sp³-hybridized carbons (Fsp3) is 0.833. The number of amides is 1. The van der Waals surface area contributed by atoms with Crippen LogP contribution in [0.5, 0.6) is 0 Å². The molecule has 5 heteroatoms. The Morgan fingerprint density at radius 1 is 1.18 bits per heavy atom. The molecular formula is C12H20N2O3. The molecule has 1 amide bonds. The van der Waals surface area contributed by atoms with Crippen molar-refractivity contribution in [1.29, 1.82) is 0 Å². The second kappa shape index (κ2) is 5.49. The first-order chi connectivity index (χ1) is 8.16. The lowest BCUT2D eigenvalue weighted by molar-refractivity contribution is -0.145. The molecule has 0 aromatic rings. The van der Waals surface area contributed by atoms with Gasteiger partial charge in [0.2, 0.25) is 5.91 Å². The fourth-order valence-electron chi connectivity index (χ4n) is 2.20. The first-order valence-corrected chi connectivity index (χ1v) is 6.41. The van der Waals surface area contributed by atoms with Crippen molar-refractivity contribution in [2.75, 3.05) is 19.6 Å². The van der Waals surface area contributed by atoms with Gasteiger partial charge in [0.15, 0.2) is 0 Å². The van der Waals surface area contributed by atoms with E-state index >= 15 is 0 Å². The number of carbonyl (C=O) groups is 2. The van der Waals surface area contributed by atoms with Crippen LogP contribution in [0.25, 0.3) is 0 Å². The van der Waals surface area contributed by atoms with Crippen LogP contribution in [0, 0.1) is 5.92 Å². The SMILES string of the molecule is O=C(O)C1CCN(C(=O)CCNC2CC2)CC1. The Balaban J connectivity index is 1.64. The number of rotatable bonds is 5. The van der Waals surface area contributed by atoms with Crippen molar-refractivity contribution >= 4 is 11.9 Å².